The summed E-state index contributed by atoms with van der Waals surface area (Å²) in [5.74, 6) is -0.464. The first-order chi connectivity index (χ1) is 10.0. The van der Waals surface area contributed by atoms with Crippen molar-refractivity contribution in [3.05, 3.63) is 52.8 Å². The van der Waals surface area contributed by atoms with Crippen LogP contribution in [0.1, 0.15) is 17.3 Å². The quantitative estimate of drug-likeness (QED) is 0.846. The fourth-order valence-corrected chi connectivity index (χ4v) is 1.98. The van der Waals surface area contributed by atoms with Gasteiger partial charge in [-0.3, -0.25) is 4.79 Å². The predicted octanol–water partition coefficient (Wildman–Crippen LogP) is 3.71. The molecule has 0 aliphatic heterocycles. The SMILES string of the molecule is CCOc1ccc(Cl)cc1NC(=O)c1ccc(F)cc1N. The van der Waals surface area contributed by atoms with Crippen LogP contribution in [0, 0.1) is 5.82 Å². The normalized spacial score (nSPS) is 10.2. The molecule has 0 aliphatic carbocycles. The molecular formula is C15H14ClFN2O2. The number of nitrogen functional groups attached to an aromatic ring is 1. The zero-order valence-corrected chi connectivity index (χ0v) is 12.1. The summed E-state index contributed by atoms with van der Waals surface area (Å²) in [5, 5.41) is 3.12. The van der Waals surface area contributed by atoms with Crippen LogP contribution in [0.25, 0.3) is 0 Å². The Bertz CT molecular complexity index is 677. The van der Waals surface area contributed by atoms with Crippen LogP contribution in [0.3, 0.4) is 0 Å². The van der Waals surface area contributed by atoms with Crippen LogP contribution in [0.5, 0.6) is 5.75 Å². The summed E-state index contributed by atoms with van der Waals surface area (Å²) in [6, 6.07) is 8.49. The van der Waals surface area contributed by atoms with E-state index in [1.165, 1.54) is 12.1 Å². The molecule has 0 radical (unpaired) electrons. The lowest BCUT2D eigenvalue weighted by atomic mass is 10.1. The van der Waals surface area contributed by atoms with Crippen molar-refractivity contribution in [3.8, 4) is 5.75 Å². The van der Waals surface area contributed by atoms with Gasteiger partial charge in [0.05, 0.1) is 17.9 Å². The van der Waals surface area contributed by atoms with Gasteiger partial charge in [0.2, 0.25) is 0 Å². The number of amides is 1. The molecule has 0 saturated heterocycles. The third-order valence-electron chi connectivity index (χ3n) is 2.75. The summed E-state index contributed by atoms with van der Waals surface area (Å²) in [7, 11) is 0. The van der Waals surface area contributed by atoms with Crippen LogP contribution in [0.4, 0.5) is 15.8 Å². The van der Waals surface area contributed by atoms with Gasteiger partial charge in [-0.2, -0.15) is 0 Å². The molecule has 0 spiro atoms. The molecule has 2 aromatic carbocycles. The van der Waals surface area contributed by atoms with Crippen molar-refractivity contribution in [1.29, 1.82) is 0 Å². The molecular weight excluding hydrogens is 295 g/mol. The van der Waals surface area contributed by atoms with E-state index in [0.29, 0.717) is 23.1 Å². The number of rotatable bonds is 4. The van der Waals surface area contributed by atoms with Crippen molar-refractivity contribution in [2.45, 2.75) is 6.92 Å². The highest BCUT2D eigenvalue weighted by Gasteiger charge is 2.13. The average molecular weight is 309 g/mol. The molecule has 0 aromatic heterocycles. The number of ether oxygens (including phenoxy) is 1. The predicted molar refractivity (Wildman–Crippen MR) is 81.4 cm³/mol. The van der Waals surface area contributed by atoms with Gasteiger partial charge in [-0.15, -0.1) is 0 Å². The van der Waals surface area contributed by atoms with Crippen molar-refractivity contribution < 1.29 is 13.9 Å². The van der Waals surface area contributed by atoms with E-state index in [2.05, 4.69) is 5.32 Å². The summed E-state index contributed by atoms with van der Waals surface area (Å²) in [6.07, 6.45) is 0. The van der Waals surface area contributed by atoms with Crippen LogP contribution in [0.15, 0.2) is 36.4 Å². The molecule has 2 rings (SSSR count). The summed E-state index contributed by atoms with van der Waals surface area (Å²) >= 11 is 5.92. The molecule has 0 fully saturated rings. The van der Waals surface area contributed by atoms with Gasteiger partial charge in [0.1, 0.15) is 11.6 Å². The Kier molecular flexibility index (Phi) is 4.65. The number of carbonyl (C=O) groups is 1. The van der Waals surface area contributed by atoms with E-state index in [9.17, 15) is 9.18 Å². The van der Waals surface area contributed by atoms with Crippen LogP contribution in [0.2, 0.25) is 5.02 Å². The van der Waals surface area contributed by atoms with E-state index in [4.69, 9.17) is 22.1 Å². The fraction of sp³-hybridized carbons (Fsp3) is 0.133. The van der Waals surface area contributed by atoms with Gasteiger partial charge in [0.15, 0.2) is 0 Å². The number of hydrogen-bond acceptors (Lipinski definition) is 3. The van der Waals surface area contributed by atoms with Gasteiger partial charge in [0, 0.05) is 10.7 Å². The van der Waals surface area contributed by atoms with E-state index in [1.54, 1.807) is 18.2 Å². The minimum Gasteiger partial charge on any atom is -0.492 e. The molecule has 0 saturated carbocycles. The van der Waals surface area contributed by atoms with E-state index in [-0.39, 0.29) is 11.3 Å². The Morgan fingerprint density at radius 3 is 2.76 bits per heavy atom. The highest BCUT2D eigenvalue weighted by molar-refractivity contribution is 6.31. The van der Waals surface area contributed by atoms with Gasteiger partial charge in [-0.1, -0.05) is 11.6 Å². The third kappa shape index (κ3) is 3.64. The smallest absolute Gasteiger partial charge is 0.257 e. The number of anilines is 2. The molecule has 0 bridgehead atoms. The number of carbonyl (C=O) groups excluding carboxylic acids is 1. The van der Waals surface area contributed by atoms with Crippen LogP contribution in [-0.2, 0) is 0 Å². The van der Waals surface area contributed by atoms with E-state index < -0.39 is 11.7 Å². The van der Waals surface area contributed by atoms with Crippen molar-refractivity contribution in [2.24, 2.45) is 0 Å². The second-order valence-corrected chi connectivity index (χ2v) is 4.70. The first kappa shape index (κ1) is 15.1. The second-order valence-electron chi connectivity index (χ2n) is 4.26. The monoisotopic (exact) mass is 308 g/mol. The van der Waals surface area contributed by atoms with E-state index >= 15 is 0 Å². The highest BCUT2D eigenvalue weighted by Crippen LogP contribution is 2.29. The molecule has 0 atom stereocenters. The first-order valence-corrected chi connectivity index (χ1v) is 6.67. The molecule has 110 valence electrons. The van der Waals surface area contributed by atoms with Crippen molar-refractivity contribution in [3.63, 3.8) is 0 Å². The number of nitrogens with one attached hydrogen (secondary N) is 1. The van der Waals surface area contributed by atoms with Crippen molar-refractivity contribution in [1.82, 2.24) is 0 Å². The molecule has 3 N–H and O–H groups in total. The molecule has 0 aliphatic rings. The van der Waals surface area contributed by atoms with Crippen LogP contribution in [-0.4, -0.2) is 12.5 Å². The van der Waals surface area contributed by atoms with Gasteiger partial charge in [-0.05, 0) is 43.3 Å². The Hall–Kier alpha value is -2.27. The summed E-state index contributed by atoms with van der Waals surface area (Å²) in [6.45, 7) is 2.28. The maximum absolute atomic E-state index is 13.0. The molecule has 0 heterocycles. The van der Waals surface area contributed by atoms with Gasteiger partial charge >= 0.3 is 0 Å². The number of halogens is 2. The molecule has 1 amide bonds. The number of hydrogen-bond donors (Lipinski definition) is 2. The number of nitrogens with two attached hydrogens (primary N) is 1. The maximum Gasteiger partial charge on any atom is 0.257 e. The average Bonchev–Trinajstić information content (AvgIpc) is 2.41. The Labute approximate surface area is 126 Å². The molecule has 0 unspecified atom stereocenters. The lowest BCUT2D eigenvalue weighted by Gasteiger charge is -2.12. The lowest BCUT2D eigenvalue weighted by molar-refractivity contribution is 0.102. The zero-order valence-electron chi connectivity index (χ0n) is 11.3. The summed E-state index contributed by atoms with van der Waals surface area (Å²) in [5.41, 5.74) is 6.32. The molecule has 4 nitrogen and oxygen atoms in total. The van der Waals surface area contributed by atoms with Crippen molar-refractivity contribution >= 4 is 28.9 Å². The minimum atomic E-state index is -0.498. The highest BCUT2D eigenvalue weighted by atomic mass is 35.5. The number of benzene rings is 2. The van der Waals surface area contributed by atoms with Crippen molar-refractivity contribution in [2.75, 3.05) is 17.7 Å². The lowest BCUT2D eigenvalue weighted by Crippen LogP contribution is -2.15. The van der Waals surface area contributed by atoms with Gasteiger partial charge in [-0.25, -0.2) is 4.39 Å². The Morgan fingerprint density at radius 1 is 1.33 bits per heavy atom. The Balaban J connectivity index is 2.28. The zero-order chi connectivity index (χ0) is 15.4. The largest absolute Gasteiger partial charge is 0.492 e. The van der Waals surface area contributed by atoms with Crippen LogP contribution < -0.4 is 15.8 Å². The van der Waals surface area contributed by atoms with Crippen LogP contribution >= 0.6 is 11.6 Å². The fourth-order valence-electron chi connectivity index (χ4n) is 1.81. The van der Waals surface area contributed by atoms with E-state index in [1.807, 2.05) is 6.92 Å². The molecule has 21 heavy (non-hydrogen) atoms. The third-order valence-corrected chi connectivity index (χ3v) is 2.98. The second kappa shape index (κ2) is 6.45. The van der Waals surface area contributed by atoms with E-state index in [0.717, 1.165) is 6.07 Å². The first-order valence-electron chi connectivity index (χ1n) is 6.30. The molecule has 2 aromatic rings. The topological polar surface area (TPSA) is 64.3 Å². The van der Waals surface area contributed by atoms with Gasteiger partial charge in [0.25, 0.3) is 5.91 Å². The molecule has 6 heteroatoms. The van der Waals surface area contributed by atoms with Gasteiger partial charge < -0.3 is 15.8 Å². The summed E-state index contributed by atoms with van der Waals surface area (Å²) < 4.78 is 18.4. The standard InChI is InChI=1S/C15H14ClFN2O2/c1-2-21-14-6-3-9(16)7-13(14)19-15(20)11-5-4-10(17)8-12(11)18/h3-8H,2,18H2,1H3,(H,19,20). The minimum absolute atomic E-state index is 0.0625. The Morgan fingerprint density at radius 2 is 2.10 bits per heavy atom. The maximum atomic E-state index is 13.0. The summed E-state index contributed by atoms with van der Waals surface area (Å²) in [4.78, 5) is 12.2.